The van der Waals surface area contributed by atoms with Gasteiger partial charge in [0, 0.05) is 5.69 Å². The normalized spacial score (nSPS) is 12.0. The fourth-order valence-electron chi connectivity index (χ4n) is 3.13. The second-order valence-electron chi connectivity index (χ2n) is 7.63. The molecule has 0 aromatic heterocycles. The Labute approximate surface area is 194 Å². The van der Waals surface area contributed by atoms with Crippen molar-refractivity contribution in [2.24, 2.45) is 0 Å². The Bertz CT molecular complexity index is 1210. The van der Waals surface area contributed by atoms with Gasteiger partial charge in [-0.05, 0) is 86.0 Å². The lowest BCUT2D eigenvalue weighted by atomic mass is 10.1. The van der Waals surface area contributed by atoms with E-state index in [2.05, 4.69) is 10.0 Å². The number of methoxy groups -OCH3 is 1. The number of ether oxygens (including phenoxy) is 2. The molecular weight excluding hydrogens is 440 g/mol. The van der Waals surface area contributed by atoms with Crippen LogP contribution in [0.3, 0.4) is 0 Å². The second-order valence-corrected chi connectivity index (χ2v) is 9.31. The van der Waals surface area contributed by atoms with Crippen LogP contribution in [0.5, 0.6) is 11.5 Å². The molecule has 0 saturated carbocycles. The van der Waals surface area contributed by atoms with E-state index in [0.29, 0.717) is 29.3 Å². The molecule has 1 amide bonds. The molecular formula is C25H28N2O5S. The minimum absolute atomic E-state index is 0.0999. The monoisotopic (exact) mass is 468 g/mol. The molecule has 0 fully saturated rings. The maximum Gasteiger partial charge on any atom is 0.265 e. The summed E-state index contributed by atoms with van der Waals surface area (Å²) in [5.41, 5.74) is 2.80. The molecule has 0 heterocycles. The van der Waals surface area contributed by atoms with Crippen molar-refractivity contribution in [3.63, 3.8) is 0 Å². The third-order valence-electron chi connectivity index (χ3n) is 5.07. The van der Waals surface area contributed by atoms with Gasteiger partial charge in [-0.2, -0.15) is 0 Å². The van der Waals surface area contributed by atoms with Gasteiger partial charge in [0.15, 0.2) is 6.10 Å². The van der Waals surface area contributed by atoms with Gasteiger partial charge in [0.25, 0.3) is 15.9 Å². The summed E-state index contributed by atoms with van der Waals surface area (Å²) in [6.45, 7) is 5.59. The fourth-order valence-corrected chi connectivity index (χ4v) is 4.25. The third-order valence-corrected chi connectivity index (χ3v) is 6.45. The van der Waals surface area contributed by atoms with Crippen LogP contribution >= 0.6 is 0 Å². The fraction of sp³-hybridized carbons (Fsp3) is 0.240. The lowest BCUT2D eigenvalue weighted by Crippen LogP contribution is -2.32. The molecule has 0 saturated heterocycles. The smallest absolute Gasteiger partial charge is 0.265 e. The van der Waals surface area contributed by atoms with Gasteiger partial charge in [0.1, 0.15) is 11.5 Å². The first-order valence-corrected chi connectivity index (χ1v) is 12.0. The maximum absolute atomic E-state index is 12.8. The number of carbonyl (C=O) groups is 1. The minimum atomic E-state index is -3.76. The standard InChI is InChI=1S/C25H28N2O5S/c1-5-24(32-21-12-10-20(31-4)11-13-21)25(28)26-19-8-14-22(15-9-19)33(29,30)27-23-16-17(2)6-7-18(23)3/h6-16,24,27H,5H2,1-4H3,(H,26,28). The summed E-state index contributed by atoms with van der Waals surface area (Å²) in [5, 5.41) is 2.78. The van der Waals surface area contributed by atoms with E-state index >= 15 is 0 Å². The van der Waals surface area contributed by atoms with Gasteiger partial charge in [-0.1, -0.05) is 19.1 Å². The van der Waals surface area contributed by atoms with Crippen LogP contribution in [-0.4, -0.2) is 27.5 Å². The summed E-state index contributed by atoms with van der Waals surface area (Å²) >= 11 is 0. The Morgan fingerprint density at radius 3 is 2.18 bits per heavy atom. The van der Waals surface area contributed by atoms with Crippen LogP contribution in [0, 0.1) is 13.8 Å². The van der Waals surface area contributed by atoms with E-state index in [1.807, 2.05) is 32.9 Å². The van der Waals surface area contributed by atoms with Crippen molar-refractivity contribution >= 4 is 27.3 Å². The molecule has 3 rings (SSSR count). The van der Waals surface area contributed by atoms with Gasteiger partial charge in [0.05, 0.1) is 17.7 Å². The summed E-state index contributed by atoms with van der Waals surface area (Å²) in [4.78, 5) is 12.8. The first-order chi connectivity index (χ1) is 15.7. The highest BCUT2D eigenvalue weighted by atomic mass is 32.2. The van der Waals surface area contributed by atoms with Crippen molar-refractivity contribution < 1.29 is 22.7 Å². The van der Waals surface area contributed by atoms with Crippen LogP contribution in [-0.2, 0) is 14.8 Å². The maximum atomic E-state index is 12.8. The van der Waals surface area contributed by atoms with Crippen LogP contribution in [0.4, 0.5) is 11.4 Å². The lowest BCUT2D eigenvalue weighted by Gasteiger charge is -2.18. The summed E-state index contributed by atoms with van der Waals surface area (Å²) in [7, 11) is -2.19. The minimum Gasteiger partial charge on any atom is -0.497 e. The number of amides is 1. The van der Waals surface area contributed by atoms with E-state index in [1.54, 1.807) is 49.6 Å². The summed E-state index contributed by atoms with van der Waals surface area (Å²) in [6, 6.07) is 18.6. The van der Waals surface area contributed by atoms with Crippen LogP contribution in [0.1, 0.15) is 24.5 Å². The van der Waals surface area contributed by atoms with Crippen molar-refractivity contribution in [2.75, 3.05) is 17.1 Å². The van der Waals surface area contributed by atoms with Gasteiger partial charge in [0.2, 0.25) is 0 Å². The summed E-state index contributed by atoms with van der Waals surface area (Å²) in [6.07, 6.45) is -0.239. The molecule has 3 aromatic carbocycles. The highest BCUT2D eigenvalue weighted by Crippen LogP contribution is 2.23. The van der Waals surface area contributed by atoms with E-state index in [0.717, 1.165) is 11.1 Å². The first kappa shape index (κ1) is 24.1. The first-order valence-electron chi connectivity index (χ1n) is 10.5. The van der Waals surface area contributed by atoms with Gasteiger partial charge >= 0.3 is 0 Å². The third kappa shape index (κ3) is 6.26. The molecule has 0 aliphatic rings. The average molecular weight is 469 g/mol. The Morgan fingerprint density at radius 1 is 0.939 bits per heavy atom. The highest BCUT2D eigenvalue weighted by molar-refractivity contribution is 7.92. The zero-order valence-electron chi connectivity index (χ0n) is 19.1. The number of nitrogens with one attached hydrogen (secondary N) is 2. The van der Waals surface area contributed by atoms with Gasteiger partial charge in [-0.25, -0.2) is 8.42 Å². The second kappa shape index (κ2) is 10.4. The number of sulfonamides is 1. The lowest BCUT2D eigenvalue weighted by molar-refractivity contribution is -0.122. The number of benzene rings is 3. The van der Waals surface area contributed by atoms with Crippen molar-refractivity contribution in [1.82, 2.24) is 0 Å². The van der Waals surface area contributed by atoms with E-state index in [4.69, 9.17) is 9.47 Å². The number of rotatable bonds is 9. The highest BCUT2D eigenvalue weighted by Gasteiger charge is 2.20. The molecule has 174 valence electrons. The summed E-state index contributed by atoms with van der Waals surface area (Å²) in [5.74, 6) is 0.927. The van der Waals surface area contributed by atoms with Crippen molar-refractivity contribution in [3.05, 3.63) is 77.9 Å². The van der Waals surface area contributed by atoms with Gasteiger partial charge in [-0.15, -0.1) is 0 Å². The molecule has 2 N–H and O–H groups in total. The largest absolute Gasteiger partial charge is 0.497 e. The molecule has 7 nitrogen and oxygen atoms in total. The van der Waals surface area contributed by atoms with E-state index < -0.39 is 16.1 Å². The van der Waals surface area contributed by atoms with E-state index in [-0.39, 0.29) is 10.8 Å². The number of anilines is 2. The number of hydrogen-bond acceptors (Lipinski definition) is 5. The summed E-state index contributed by atoms with van der Waals surface area (Å²) < 4.78 is 39.1. The van der Waals surface area contributed by atoms with Crippen LogP contribution in [0.2, 0.25) is 0 Å². The molecule has 1 atom stereocenters. The van der Waals surface area contributed by atoms with Crippen molar-refractivity contribution in [2.45, 2.75) is 38.2 Å². The molecule has 0 aliphatic carbocycles. The Kier molecular flexibility index (Phi) is 7.60. The number of hydrogen-bond donors (Lipinski definition) is 2. The van der Waals surface area contributed by atoms with Crippen LogP contribution in [0.25, 0.3) is 0 Å². The molecule has 8 heteroatoms. The zero-order valence-corrected chi connectivity index (χ0v) is 19.9. The van der Waals surface area contributed by atoms with E-state index in [9.17, 15) is 13.2 Å². The molecule has 3 aromatic rings. The Balaban J connectivity index is 1.67. The van der Waals surface area contributed by atoms with Crippen LogP contribution in [0.15, 0.2) is 71.6 Å². The molecule has 0 radical (unpaired) electrons. The predicted molar refractivity (Wildman–Crippen MR) is 129 cm³/mol. The predicted octanol–water partition coefficient (Wildman–Crippen LogP) is 4.91. The topological polar surface area (TPSA) is 93.7 Å². The Hall–Kier alpha value is -3.52. The molecule has 33 heavy (non-hydrogen) atoms. The number of aryl methyl sites for hydroxylation is 2. The van der Waals surface area contributed by atoms with Crippen LogP contribution < -0.4 is 19.5 Å². The zero-order chi connectivity index (χ0) is 24.0. The molecule has 0 aliphatic heterocycles. The molecule has 1 unspecified atom stereocenters. The molecule has 0 bridgehead atoms. The number of carbonyl (C=O) groups excluding carboxylic acids is 1. The quantitative estimate of drug-likeness (QED) is 0.465. The average Bonchev–Trinajstić information content (AvgIpc) is 2.80. The van der Waals surface area contributed by atoms with Crippen molar-refractivity contribution in [3.8, 4) is 11.5 Å². The van der Waals surface area contributed by atoms with Crippen molar-refractivity contribution in [1.29, 1.82) is 0 Å². The van der Waals surface area contributed by atoms with Gasteiger partial charge < -0.3 is 14.8 Å². The van der Waals surface area contributed by atoms with E-state index in [1.165, 1.54) is 12.1 Å². The molecule has 0 spiro atoms. The Morgan fingerprint density at radius 2 is 1.58 bits per heavy atom. The van der Waals surface area contributed by atoms with Gasteiger partial charge in [-0.3, -0.25) is 9.52 Å². The SMILES string of the molecule is CCC(Oc1ccc(OC)cc1)C(=O)Nc1ccc(S(=O)(=O)Nc2cc(C)ccc2C)cc1.